The van der Waals surface area contributed by atoms with Crippen LogP contribution >= 0.6 is 0 Å². The average Bonchev–Trinajstić information content (AvgIpc) is 2.94. The molecule has 0 atom stereocenters. The highest BCUT2D eigenvalue weighted by Gasteiger charge is 2.24. The number of aryl methyl sites for hydroxylation is 2. The number of aromatic nitrogens is 2. The summed E-state index contributed by atoms with van der Waals surface area (Å²) >= 11 is 0. The van der Waals surface area contributed by atoms with Gasteiger partial charge in [-0.1, -0.05) is 96.6 Å². The van der Waals surface area contributed by atoms with E-state index in [-0.39, 0.29) is 0 Å². The molecule has 1 aromatic heterocycles. The van der Waals surface area contributed by atoms with Gasteiger partial charge in [-0.3, -0.25) is 0 Å². The summed E-state index contributed by atoms with van der Waals surface area (Å²) in [4.78, 5) is 9.44. The van der Waals surface area contributed by atoms with Crippen LogP contribution in [0.4, 0.5) is 0 Å². The molecule has 0 amide bonds. The summed E-state index contributed by atoms with van der Waals surface area (Å²) < 4.78 is 6.18. The van der Waals surface area contributed by atoms with E-state index >= 15 is 0 Å². The lowest BCUT2D eigenvalue weighted by molar-refractivity contribution is 0.198. The lowest BCUT2D eigenvalue weighted by Gasteiger charge is -2.27. The molecule has 0 aliphatic heterocycles. The first-order valence-corrected chi connectivity index (χ1v) is 15.8. The number of unbranched alkanes of at least 4 members (excludes halogenated alkanes) is 11. The van der Waals surface area contributed by atoms with Gasteiger partial charge in [0.2, 0.25) is 0 Å². The predicted molar refractivity (Wildman–Crippen MR) is 157 cm³/mol. The Hall–Kier alpha value is -1.90. The van der Waals surface area contributed by atoms with Gasteiger partial charge in [0.15, 0.2) is 0 Å². The van der Waals surface area contributed by atoms with Gasteiger partial charge in [0.1, 0.15) is 11.6 Å². The van der Waals surface area contributed by atoms with Crippen molar-refractivity contribution in [2.45, 2.75) is 142 Å². The minimum absolute atomic E-state index is 0.519. The summed E-state index contributed by atoms with van der Waals surface area (Å²) in [6.45, 7) is 5.37. The standard InChI is InChI=1S/C34H54N2O/c1-3-5-7-8-9-10-11-12-13-15-16-29-20-24-33(25-21-29)37-28-30-18-22-32(23-19-30)34-35-26-31(27-36-34)17-14-6-4-2/h20-21,24-27,30,32H,3-19,22-23,28H2,1-2H3/t30-,32-. The number of ether oxygens (including phenoxy) is 1. The summed E-state index contributed by atoms with van der Waals surface area (Å²) in [5.41, 5.74) is 2.73. The van der Waals surface area contributed by atoms with Crippen LogP contribution in [0.3, 0.4) is 0 Å². The largest absolute Gasteiger partial charge is 0.493 e. The van der Waals surface area contributed by atoms with E-state index in [0.29, 0.717) is 11.8 Å². The molecule has 2 aromatic rings. The lowest BCUT2D eigenvalue weighted by atomic mass is 9.82. The van der Waals surface area contributed by atoms with E-state index in [1.807, 2.05) is 0 Å². The molecule has 1 heterocycles. The third-order valence-electron chi connectivity index (χ3n) is 8.23. The van der Waals surface area contributed by atoms with E-state index in [4.69, 9.17) is 14.7 Å². The predicted octanol–water partition coefficient (Wildman–Crippen LogP) is 10.0. The highest BCUT2D eigenvalue weighted by atomic mass is 16.5. The fraction of sp³-hybridized carbons (Fsp3) is 0.706. The molecule has 0 spiro atoms. The Bertz CT molecular complexity index is 809. The Kier molecular flexibility index (Phi) is 14.7. The average molecular weight is 507 g/mol. The van der Waals surface area contributed by atoms with Crippen LogP contribution in [0, 0.1) is 5.92 Å². The first kappa shape index (κ1) is 29.7. The number of hydrogen-bond acceptors (Lipinski definition) is 3. The van der Waals surface area contributed by atoms with Crippen LogP contribution in [0.15, 0.2) is 36.7 Å². The van der Waals surface area contributed by atoms with Crippen molar-refractivity contribution >= 4 is 0 Å². The normalized spacial score (nSPS) is 17.7. The van der Waals surface area contributed by atoms with Gasteiger partial charge in [-0.2, -0.15) is 0 Å². The lowest BCUT2D eigenvalue weighted by Crippen LogP contribution is -2.20. The van der Waals surface area contributed by atoms with Gasteiger partial charge in [0, 0.05) is 18.3 Å². The van der Waals surface area contributed by atoms with E-state index in [2.05, 4.69) is 50.5 Å². The molecule has 1 saturated carbocycles. The molecular weight excluding hydrogens is 452 g/mol. The molecule has 206 valence electrons. The summed E-state index contributed by atoms with van der Waals surface area (Å²) in [5.74, 6) is 3.24. The second kappa shape index (κ2) is 18.4. The van der Waals surface area contributed by atoms with Gasteiger partial charge in [0.05, 0.1) is 6.61 Å². The highest BCUT2D eigenvalue weighted by molar-refractivity contribution is 5.27. The third-order valence-corrected chi connectivity index (χ3v) is 8.23. The smallest absolute Gasteiger partial charge is 0.131 e. The van der Waals surface area contributed by atoms with Crippen LogP contribution < -0.4 is 4.74 Å². The zero-order chi connectivity index (χ0) is 26.0. The van der Waals surface area contributed by atoms with Gasteiger partial charge in [-0.15, -0.1) is 0 Å². The summed E-state index contributed by atoms with van der Waals surface area (Å²) in [5, 5.41) is 0. The molecule has 3 nitrogen and oxygen atoms in total. The molecule has 0 N–H and O–H groups in total. The van der Waals surface area contributed by atoms with Gasteiger partial charge in [-0.05, 0) is 80.5 Å². The fourth-order valence-electron chi connectivity index (χ4n) is 5.65. The zero-order valence-corrected chi connectivity index (χ0v) is 24.1. The van der Waals surface area contributed by atoms with Crippen LogP contribution in [0.1, 0.15) is 146 Å². The molecule has 0 bridgehead atoms. The maximum absolute atomic E-state index is 6.18. The van der Waals surface area contributed by atoms with Crippen molar-refractivity contribution in [3.8, 4) is 5.75 Å². The second-order valence-electron chi connectivity index (χ2n) is 11.5. The monoisotopic (exact) mass is 506 g/mol. The SMILES string of the molecule is CCCCCCCCCCCCc1ccc(OC[C@H]2CC[C@H](c3ncc(CCCCC)cn3)CC2)cc1. The van der Waals surface area contributed by atoms with E-state index < -0.39 is 0 Å². The number of benzene rings is 1. The van der Waals surface area contributed by atoms with Crippen molar-refractivity contribution < 1.29 is 4.74 Å². The molecule has 1 aliphatic carbocycles. The quantitative estimate of drug-likeness (QED) is 0.178. The molecule has 0 unspecified atom stereocenters. The maximum Gasteiger partial charge on any atom is 0.131 e. The van der Waals surface area contributed by atoms with Crippen molar-refractivity contribution in [1.29, 1.82) is 0 Å². The Morgan fingerprint density at radius 1 is 0.622 bits per heavy atom. The summed E-state index contributed by atoms with van der Waals surface area (Å²) in [6, 6.07) is 8.88. The third kappa shape index (κ3) is 12.0. The number of nitrogens with zero attached hydrogens (tertiary/aromatic N) is 2. The molecule has 0 saturated heterocycles. The maximum atomic E-state index is 6.18. The van der Waals surface area contributed by atoms with Crippen LogP contribution in [-0.4, -0.2) is 16.6 Å². The second-order valence-corrected chi connectivity index (χ2v) is 11.5. The van der Waals surface area contributed by atoms with E-state index in [1.165, 1.54) is 127 Å². The fourth-order valence-corrected chi connectivity index (χ4v) is 5.65. The van der Waals surface area contributed by atoms with Gasteiger partial charge < -0.3 is 4.74 Å². The Morgan fingerprint density at radius 2 is 1.14 bits per heavy atom. The molecule has 1 fully saturated rings. The Balaban J connectivity index is 1.24. The molecular formula is C34H54N2O. The Labute approximate surface area is 228 Å². The van der Waals surface area contributed by atoms with Crippen molar-refractivity contribution in [1.82, 2.24) is 9.97 Å². The summed E-state index contributed by atoms with van der Waals surface area (Å²) in [6.07, 6.45) is 29.0. The molecule has 0 radical (unpaired) electrons. The minimum atomic E-state index is 0.519. The molecule has 3 rings (SSSR count). The highest BCUT2D eigenvalue weighted by Crippen LogP contribution is 2.34. The molecule has 37 heavy (non-hydrogen) atoms. The molecule has 1 aliphatic rings. The van der Waals surface area contributed by atoms with Gasteiger partial charge in [0.25, 0.3) is 0 Å². The van der Waals surface area contributed by atoms with Crippen LogP contribution in [0.25, 0.3) is 0 Å². The Morgan fingerprint density at radius 3 is 1.76 bits per heavy atom. The number of hydrogen-bond donors (Lipinski definition) is 0. The first-order valence-electron chi connectivity index (χ1n) is 15.8. The molecule has 1 aromatic carbocycles. The van der Waals surface area contributed by atoms with Crippen LogP contribution in [0.5, 0.6) is 5.75 Å². The van der Waals surface area contributed by atoms with Crippen LogP contribution in [0.2, 0.25) is 0 Å². The van der Waals surface area contributed by atoms with E-state index in [0.717, 1.165) is 24.6 Å². The number of rotatable bonds is 19. The zero-order valence-electron chi connectivity index (χ0n) is 24.1. The molecule has 3 heteroatoms. The van der Waals surface area contributed by atoms with Crippen molar-refractivity contribution in [2.75, 3.05) is 6.61 Å². The van der Waals surface area contributed by atoms with Crippen molar-refractivity contribution in [3.63, 3.8) is 0 Å². The van der Waals surface area contributed by atoms with E-state index in [9.17, 15) is 0 Å². The van der Waals surface area contributed by atoms with Gasteiger partial charge in [-0.25, -0.2) is 9.97 Å². The van der Waals surface area contributed by atoms with Crippen molar-refractivity contribution in [2.24, 2.45) is 5.92 Å². The van der Waals surface area contributed by atoms with Crippen LogP contribution in [-0.2, 0) is 12.8 Å². The van der Waals surface area contributed by atoms with Gasteiger partial charge >= 0.3 is 0 Å². The van der Waals surface area contributed by atoms with E-state index in [1.54, 1.807) is 0 Å². The summed E-state index contributed by atoms with van der Waals surface area (Å²) in [7, 11) is 0. The minimum Gasteiger partial charge on any atom is -0.493 e. The van der Waals surface area contributed by atoms with Crippen molar-refractivity contribution in [3.05, 3.63) is 53.6 Å². The first-order chi connectivity index (χ1) is 18.3. The topological polar surface area (TPSA) is 35.0 Å².